The zero-order valence-electron chi connectivity index (χ0n) is 11.7. The summed E-state index contributed by atoms with van der Waals surface area (Å²) in [6.45, 7) is 1.81. The third kappa shape index (κ3) is 3.25. The normalized spacial score (nSPS) is 17.3. The minimum atomic E-state index is -0.283. The van der Waals surface area contributed by atoms with Crippen LogP contribution in [0, 0.1) is 11.2 Å². The molecule has 1 aliphatic carbocycles. The lowest BCUT2D eigenvalue weighted by Gasteiger charge is -2.43. The van der Waals surface area contributed by atoms with Gasteiger partial charge in [0.05, 0.1) is 7.11 Å². The highest BCUT2D eigenvalue weighted by molar-refractivity contribution is 5.33. The summed E-state index contributed by atoms with van der Waals surface area (Å²) in [7, 11) is 3.58. The van der Waals surface area contributed by atoms with E-state index in [1.54, 1.807) is 13.2 Å². The lowest BCUT2D eigenvalue weighted by Crippen LogP contribution is -2.43. The van der Waals surface area contributed by atoms with Crippen molar-refractivity contribution in [2.24, 2.45) is 5.41 Å². The minimum absolute atomic E-state index is 0.0714. The predicted octanol–water partition coefficient (Wildman–Crippen LogP) is 2.43. The van der Waals surface area contributed by atoms with Crippen LogP contribution < -0.4 is 4.74 Å². The van der Waals surface area contributed by atoms with Crippen molar-refractivity contribution in [1.29, 1.82) is 0 Å². The maximum atomic E-state index is 13.1. The Balaban J connectivity index is 2.00. The SMILES string of the molecule is COc1cc(F)ccc1CN(C)CC1(CO)CCC1. The maximum Gasteiger partial charge on any atom is 0.126 e. The maximum absolute atomic E-state index is 13.1. The molecule has 0 radical (unpaired) electrons. The van der Waals surface area contributed by atoms with Gasteiger partial charge in [-0.15, -0.1) is 0 Å². The zero-order valence-corrected chi connectivity index (χ0v) is 11.7. The Morgan fingerprint density at radius 1 is 1.42 bits per heavy atom. The van der Waals surface area contributed by atoms with Gasteiger partial charge >= 0.3 is 0 Å². The zero-order chi connectivity index (χ0) is 13.9. The molecule has 2 rings (SSSR count). The number of halogens is 1. The van der Waals surface area contributed by atoms with E-state index in [0.717, 1.165) is 24.9 Å². The summed E-state index contributed by atoms with van der Waals surface area (Å²) in [6.07, 6.45) is 3.39. The van der Waals surface area contributed by atoms with Gasteiger partial charge in [0.15, 0.2) is 0 Å². The fraction of sp³-hybridized carbons (Fsp3) is 0.600. The van der Waals surface area contributed by atoms with Gasteiger partial charge in [-0.2, -0.15) is 0 Å². The summed E-state index contributed by atoms with van der Waals surface area (Å²) >= 11 is 0. The lowest BCUT2D eigenvalue weighted by molar-refractivity contribution is 0.0126. The highest BCUT2D eigenvalue weighted by atomic mass is 19.1. The van der Waals surface area contributed by atoms with Crippen molar-refractivity contribution in [2.45, 2.75) is 25.8 Å². The van der Waals surface area contributed by atoms with Crippen molar-refractivity contribution >= 4 is 0 Å². The van der Waals surface area contributed by atoms with E-state index in [1.807, 2.05) is 7.05 Å². The van der Waals surface area contributed by atoms with Gasteiger partial charge in [-0.05, 0) is 26.0 Å². The number of ether oxygens (including phenoxy) is 1. The van der Waals surface area contributed by atoms with E-state index in [2.05, 4.69) is 4.90 Å². The number of methoxy groups -OCH3 is 1. The Hall–Kier alpha value is -1.13. The lowest BCUT2D eigenvalue weighted by atomic mass is 9.69. The van der Waals surface area contributed by atoms with Crippen molar-refractivity contribution < 1.29 is 14.2 Å². The summed E-state index contributed by atoms with van der Waals surface area (Å²) in [5.41, 5.74) is 1.04. The van der Waals surface area contributed by atoms with Gasteiger partial charge in [-0.1, -0.05) is 12.5 Å². The summed E-state index contributed by atoms with van der Waals surface area (Å²) in [5, 5.41) is 9.49. The first-order valence-corrected chi connectivity index (χ1v) is 6.70. The molecule has 1 aliphatic rings. The van der Waals surface area contributed by atoms with Crippen LogP contribution in [-0.4, -0.2) is 37.3 Å². The van der Waals surface area contributed by atoms with Crippen LogP contribution in [0.5, 0.6) is 5.75 Å². The molecule has 3 nitrogen and oxygen atoms in total. The molecule has 0 saturated heterocycles. The van der Waals surface area contributed by atoms with Gasteiger partial charge in [0.25, 0.3) is 0 Å². The molecule has 0 aromatic heterocycles. The molecule has 0 bridgehead atoms. The second kappa shape index (κ2) is 5.88. The molecule has 0 atom stereocenters. The third-order valence-electron chi connectivity index (χ3n) is 4.04. The molecule has 106 valence electrons. The predicted molar refractivity (Wildman–Crippen MR) is 72.7 cm³/mol. The van der Waals surface area contributed by atoms with E-state index in [9.17, 15) is 9.50 Å². The van der Waals surface area contributed by atoms with E-state index < -0.39 is 0 Å². The van der Waals surface area contributed by atoms with Crippen molar-refractivity contribution in [3.05, 3.63) is 29.6 Å². The van der Waals surface area contributed by atoms with Crippen LogP contribution in [0.3, 0.4) is 0 Å². The quantitative estimate of drug-likeness (QED) is 0.859. The summed E-state index contributed by atoms with van der Waals surface area (Å²) < 4.78 is 18.3. The first-order valence-electron chi connectivity index (χ1n) is 6.70. The molecule has 0 unspecified atom stereocenters. The standard InChI is InChI=1S/C15H22FNO2/c1-17(10-15(11-18)6-3-7-15)9-12-4-5-13(16)8-14(12)19-2/h4-5,8,18H,3,6-7,9-11H2,1-2H3. The fourth-order valence-electron chi connectivity index (χ4n) is 2.81. The minimum Gasteiger partial charge on any atom is -0.496 e. The molecule has 19 heavy (non-hydrogen) atoms. The van der Waals surface area contributed by atoms with E-state index in [1.165, 1.54) is 18.6 Å². The van der Waals surface area contributed by atoms with Crippen LogP contribution >= 0.6 is 0 Å². The largest absolute Gasteiger partial charge is 0.496 e. The van der Waals surface area contributed by atoms with E-state index in [4.69, 9.17) is 4.74 Å². The Morgan fingerprint density at radius 2 is 2.16 bits per heavy atom. The monoisotopic (exact) mass is 267 g/mol. The summed E-state index contributed by atoms with van der Waals surface area (Å²) in [4.78, 5) is 2.17. The average Bonchev–Trinajstić information content (AvgIpc) is 2.36. The number of nitrogens with zero attached hydrogens (tertiary/aromatic N) is 1. The van der Waals surface area contributed by atoms with E-state index >= 15 is 0 Å². The Kier molecular flexibility index (Phi) is 4.42. The Labute approximate surface area is 114 Å². The van der Waals surface area contributed by atoms with Gasteiger partial charge in [0.1, 0.15) is 11.6 Å². The molecule has 0 aliphatic heterocycles. The summed E-state index contributed by atoms with van der Waals surface area (Å²) in [6, 6.07) is 4.63. The van der Waals surface area contributed by atoms with Gasteiger partial charge < -0.3 is 14.7 Å². The molecular formula is C15H22FNO2. The molecule has 1 aromatic rings. The second-order valence-corrected chi connectivity index (χ2v) is 5.64. The summed E-state index contributed by atoms with van der Waals surface area (Å²) in [5.74, 6) is 0.299. The smallest absolute Gasteiger partial charge is 0.126 e. The number of hydrogen-bond acceptors (Lipinski definition) is 3. The average molecular weight is 267 g/mol. The van der Waals surface area contributed by atoms with E-state index in [-0.39, 0.29) is 17.8 Å². The first-order chi connectivity index (χ1) is 9.08. The number of benzene rings is 1. The van der Waals surface area contributed by atoms with Crippen LogP contribution in [0.15, 0.2) is 18.2 Å². The van der Waals surface area contributed by atoms with Crippen molar-refractivity contribution in [3.8, 4) is 5.75 Å². The molecule has 1 saturated carbocycles. The molecule has 0 amide bonds. The van der Waals surface area contributed by atoms with Gasteiger partial charge in [-0.25, -0.2) is 4.39 Å². The molecule has 0 heterocycles. The highest BCUT2D eigenvalue weighted by Crippen LogP contribution is 2.41. The second-order valence-electron chi connectivity index (χ2n) is 5.64. The van der Waals surface area contributed by atoms with Crippen molar-refractivity contribution in [2.75, 3.05) is 27.3 Å². The molecular weight excluding hydrogens is 245 g/mol. The van der Waals surface area contributed by atoms with Crippen LogP contribution in [-0.2, 0) is 6.54 Å². The van der Waals surface area contributed by atoms with E-state index in [0.29, 0.717) is 12.3 Å². The van der Waals surface area contributed by atoms with Crippen LogP contribution in [0.25, 0.3) is 0 Å². The number of aliphatic hydroxyl groups excluding tert-OH is 1. The molecule has 1 aromatic carbocycles. The first kappa shape index (κ1) is 14.3. The molecule has 4 heteroatoms. The third-order valence-corrected chi connectivity index (χ3v) is 4.04. The van der Waals surface area contributed by atoms with Crippen molar-refractivity contribution in [3.63, 3.8) is 0 Å². The Bertz CT molecular complexity index is 427. The highest BCUT2D eigenvalue weighted by Gasteiger charge is 2.37. The van der Waals surface area contributed by atoms with Crippen molar-refractivity contribution in [1.82, 2.24) is 4.90 Å². The number of hydrogen-bond donors (Lipinski definition) is 1. The van der Waals surface area contributed by atoms with Gasteiger partial charge in [-0.3, -0.25) is 0 Å². The molecule has 0 spiro atoms. The van der Waals surface area contributed by atoms with Crippen LogP contribution in [0.4, 0.5) is 4.39 Å². The number of aliphatic hydroxyl groups is 1. The van der Waals surface area contributed by atoms with Gasteiger partial charge in [0.2, 0.25) is 0 Å². The molecule has 1 fully saturated rings. The van der Waals surface area contributed by atoms with Crippen LogP contribution in [0.1, 0.15) is 24.8 Å². The van der Waals surface area contributed by atoms with Gasteiger partial charge in [0, 0.05) is 36.7 Å². The topological polar surface area (TPSA) is 32.7 Å². The fourth-order valence-corrected chi connectivity index (χ4v) is 2.81. The number of rotatable bonds is 6. The molecule has 1 N–H and O–H groups in total. The Morgan fingerprint density at radius 3 is 2.68 bits per heavy atom. The van der Waals surface area contributed by atoms with Crippen LogP contribution in [0.2, 0.25) is 0 Å².